The summed E-state index contributed by atoms with van der Waals surface area (Å²) in [6.07, 6.45) is 3.90. The van der Waals surface area contributed by atoms with Gasteiger partial charge in [0.1, 0.15) is 0 Å². The van der Waals surface area contributed by atoms with Gasteiger partial charge in [0.05, 0.1) is 28.6 Å². The second-order valence-corrected chi connectivity index (χ2v) is 9.56. The van der Waals surface area contributed by atoms with Crippen LogP contribution in [0.5, 0.6) is 0 Å². The first-order valence-electron chi connectivity index (χ1n) is 9.63. The lowest BCUT2D eigenvalue weighted by molar-refractivity contribution is 0.0951. The molecule has 3 aromatic rings. The zero-order chi connectivity index (χ0) is 20.4. The van der Waals surface area contributed by atoms with Gasteiger partial charge in [0.25, 0.3) is 5.91 Å². The first kappa shape index (κ1) is 19.7. The van der Waals surface area contributed by atoms with Crippen LogP contribution >= 0.6 is 10.6 Å². The number of hydrogen-bond donors (Lipinski definition) is 4. The molecule has 0 saturated carbocycles. The highest BCUT2D eigenvalue weighted by molar-refractivity contribution is 8.24. The molecule has 8 nitrogen and oxygen atoms in total. The van der Waals surface area contributed by atoms with Crippen molar-refractivity contribution >= 4 is 33.2 Å². The Labute approximate surface area is 170 Å². The highest BCUT2D eigenvalue weighted by atomic mass is 32.3. The number of nitrogens with one attached hydrogen (secondary N) is 2. The van der Waals surface area contributed by atoms with Crippen LogP contribution in [0.1, 0.15) is 29.3 Å². The van der Waals surface area contributed by atoms with E-state index in [0.717, 1.165) is 10.9 Å². The van der Waals surface area contributed by atoms with E-state index in [2.05, 4.69) is 20.7 Å². The Morgan fingerprint density at radius 2 is 2.07 bits per heavy atom. The maximum absolute atomic E-state index is 12.9. The molecule has 3 heterocycles. The van der Waals surface area contributed by atoms with E-state index >= 15 is 0 Å². The van der Waals surface area contributed by atoms with E-state index in [9.17, 15) is 13.9 Å². The van der Waals surface area contributed by atoms with Crippen LogP contribution < -0.4 is 10.6 Å². The zero-order valence-corrected chi connectivity index (χ0v) is 17.0. The molecule has 4 N–H and O–H groups in total. The van der Waals surface area contributed by atoms with Crippen LogP contribution in [0.15, 0.2) is 42.7 Å². The summed E-state index contributed by atoms with van der Waals surface area (Å²) in [6.45, 7) is 3.06. The number of carbonyl (C=O) groups excluding carboxylic acids is 1. The van der Waals surface area contributed by atoms with Crippen LogP contribution in [0, 0.1) is 0 Å². The Hall–Kier alpha value is -2.62. The number of nitrogens with zero attached hydrogens (tertiary/aromatic N) is 3. The van der Waals surface area contributed by atoms with Gasteiger partial charge in [0.15, 0.2) is 5.65 Å². The summed E-state index contributed by atoms with van der Waals surface area (Å²) in [6, 6.07) is 9.59. The summed E-state index contributed by atoms with van der Waals surface area (Å²) in [4.78, 5) is 17.4. The number of aryl methyl sites for hydroxylation is 1. The summed E-state index contributed by atoms with van der Waals surface area (Å²) < 4.78 is 21.7. The second-order valence-electron chi connectivity index (χ2n) is 7.22. The average molecular weight is 416 g/mol. The molecule has 0 bridgehead atoms. The third kappa shape index (κ3) is 4.21. The molecule has 1 aliphatic rings. The molecule has 29 heavy (non-hydrogen) atoms. The fraction of sp³-hybridized carbons (Fsp3) is 0.350. The maximum atomic E-state index is 12.9. The second kappa shape index (κ2) is 8.02. The highest BCUT2D eigenvalue weighted by Gasteiger charge is 2.30. The van der Waals surface area contributed by atoms with Crippen molar-refractivity contribution in [3.05, 3.63) is 53.9 Å². The molecule has 1 unspecified atom stereocenters. The minimum absolute atomic E-state index is 0.115. The third-order valence-corrected chi connectivity index (χ3v) is 6.94. The van der Waals surface area contributed by atoms with E-state index in [-0.39, 0.29) is 17.7 Å². The highest BCUT2D eigenvalue weighted by Crippen LogP contribution is 2.46. The Balaban J connectivity index is 1.64. The van der Waals surface area contributed by atoms with Crippen molar-refractivity contribution < 1.29 is 13.9 Å². The standard InChI is InChI=1S/C20H25N5O3S/c1-2-25-19-16(12-23-25)18(24-15-8-9-29(27,28)13-15)17(11-21-19)20(26)22-10-14-6-4-3-5-7-14/h3-7,11-12,15,27-28H,2,8-10,13H2,1H3,(H,21,24)(H,22,26). The normalized spacial score (nSPS) is 19.2. The van der Waals surface area contributed by atoms with Gasteiger partial charge in [0, 0.05) is 31.1 Å². The van der Waals surface area contributed by atoms with E-state index < -0.39 is 10.6 Å². The SMILES string of the molecule is CCn1ncc2c(NC3CCS(O)(O)C3)c(C(=O)NCc3ccccc3)cnc21. The molecule has 1 aliphatic heterocycles. The first-order chi connectivity index (χ1) is 14.0. The van der Waals surface area contributed by atoms with Gasteiger partial charge in [0.2, 0.25) is 0 Å². The van der Waals surface area contributed by atoms with Crippen molar-refractivity contribution in [1.29, 1.82) is 0 Å². The number of rotatable bonds is 6. The molecule has 1 amide bonds. The predicted molar refractivity (Wildman–Crippen MR) is 115 cm³/mol. The summed E-state index contributed by atoms with van der Waals surface area (Å²) in [5.74, 6) is 0.423. The Morgan fingerprint density at radius 3 is 2.76 bits per heavy atom. The fourth-order valence-electron chi connectivity index (χ4n) is 3.60. The molecule has 1 atom stereocenters. The Bertz CT molecular complexity index is 1020. The molecule has 4 rings (SSSR count). The van der Waals surface area contributed by atoms with E-state index in [1.807, 2.05) is 37.3 Å². The van der Waals surface area contributed by atoms with Crippen molar-refractivity contribution in [1.82, 2.24) is 20.1 Å². The van der Waals surface area contributed by atoms with Crippen LogP contribution in [0.4, 0.5) is 5.69 Å². The van der Waals surface area contributed by atoms with Crippen LogP contribution in [-0.4, -0.2) is 47.3 Å². The summed E-state index contributed by atoms with van der Waals surface area (Å²) in [5.41, 5.74) is 2.77. The molecule has 0 spiro atoms. The maximum Gasteiger partial charge on any atom is 0.255 e. The van der Waals surface area contributed by atoms with Gasteiger partial charge in [-0.3, -0.25) is 13.9 Å². The number of aromatic nitrogens is 3. The smallest absolute Gasteiger partial charge is 0.255 e. The van der Waals surface area contributed by atoms with Crippen molar-refractivity contribution in [2.45, 2.75) is 32.5 Å². The Kier molecular flexibility index (Phi) is 5.44. The number of benzene rings is 1. The molecule has 1 fully saturated rings. The third-order valence-electron chi connectivity index (χ3n) is 5.12. The number of fused-ring (bicyclic) bond motifs is 1. The first-order valence-corrected chi connectivity index (χ1v) is 11.5. The molecule has 9 heteroatoms. The molecular weight excluding hydrogens is 390 g/mol. The topological polar surface area (TPSA) is 112 Å². The molecule has 154 valence electrons. The van der Waals surface area contributed by atoms with Crippen LogP contribution in [-0.2, 0) is 13.1 Å². The molecule has 1 saturated heterocycles. The van der Waals surface area contributed by atoms with E-state index in [1.54, 1.807) is 17.1 Å². The summed E-state index contributed by atoms with van der Waals surface area (Å²) in [7, 11) is -2.55. The largest absolute Gasteiger partial charge is 0.379 e. The average Bonchev–Trinajstić information content (AvgIpc) is 3.29. The van der Waals surface area contributed by atoms with Gasteiger partial charge in [-0.2, -0.15) is 15.7 Å². The minimum Gasteiger partial charge on any atom is -0.379 e. The molecule has 2 aromatic heterocycles. The number of pyridine rings is 1. The summed E-state index contributed by atoms with van der Waals surface area (Å²) in [5, 5.41) is 11.4. The Morgan fingerprint density at radius 1 is 1.28 bits per heavy atom. The number of hydrogen-bond acceptors (Lipinski definition) is 6. The fourth-order valence-corrected chi connectivity index (χ4v) is 5.32. The molecule has 1 aromatic carbocycles. The monoisotopic (exact) mass is 415 g/mol. The van der Waals surface area contributed by atoms with Crippen LogP contribution in [0.3, 0.4) is 0 Å². The van der Waals surface area contributed by atoms with Gasteiger partial charge < -0.3 is 10.6 Å². The van der Waals surface area contributed by atoms with Crippen LogP contribution in [0.2, 0.25) is 0 Å². The van der Waals surface area contributed by atoms with Crippen LogP contribution in [0.25, 0.3) is 11.0 Å². The van der Waals surface area contributed by atoms with Crippen molar-refractivity contribution in [2.75, 3.05) is 16.8 Å². The number of carbonyl (C=O) groups is 1. The van der Waals surface area contributed by atoms with Gasteiger partial charge in [-0.15, -0.1) is 0 Å². The van der Waals surface area contributed by atoms with E-state index in [0.29, 0.717) is 42.2 Å². The zero-order valence-electron chi connectivity index (χ0n) is 16.2. The van der Waals surface area contributed by atoms with Gasteiger partial charge in [-0.25, -0.2) is 9.67 Å². The van der Waals surface area contributed by atoms with E-state index in [4.69, 9.17) is 0 Å². The van der Waals surface area contributed by atoms with Crippen molar-refractivity contribution in [3.63, 3.8) is 0 Å². The molecule has 0 radical (unpaired) electrons. The van der Waals surface area contributed by atoms with E-state index in [1.165, 1.54) is 0 Å². The number of amides is 1. The quantitative estimate of drug-likeness (QED) is 0.491. The predicted octanol–water partition coefficient (Wildman–Crippen LogP) is 3.32. The minimum atomic E-state index is -2.55. The summed E-state index contributed by atoms with van der Waals surface area (Å²) >= 11 is 0. The molecular formula is C20H25N5O3S. The lowest BCUT2D eigenvalue weighted by atomic mass is 10.1. The van der Waals surface area contributed by atoms with Gasteiger partial charge in [-0.1, -0.05) is 30.3 Å². The molecule has 0 aliphatic carbocycles. The van der Waals surface area contributed by atoms with Gasteiger partial charge >= 0.3 is 0 Å². The number of anilines is 1. The lowest BCUT2D eigenvalue weighted by Gasteiger charge is -2.26. The van der Waals surface area contributed by atoms with Crippen molar-refractivity contribution in [2.24, 2.45) is 0 Å². The van der Waals surface area contributed by atoms with Gasteiger partial charge in [-0.05, 0) is 18.9 Å². The lowest BCUT2D eigenvalue weighted by Crippen LogP contribution is -2.27. The van der Waals surface area contributed by atoms with Crippen molar-refractivity contribution in [3.8, 4) is 0 Å².